The second-order valence-electron chi connectivity index (χ2n) is 3.40. The van der Waals surface area contributed by atoms with Crippen LogP contribution in [0.4, 0.5) is 5.69 Å². The molecule has 1 aromatic rings. The van der Waals surface area contributed by atoms with Gasteiger partial charge in [0.05, 0.1) is 17.5 Å². The van der Waals surface area contributed by atoms with Crippen molar-refractivity contribution in [2.75, 3.05) is 17.3 Å². The molecule has 0 aromatic heterocycles. The molecule has 0 aliphatic carbocycles. The van der Waals surface area contributed by atoms with Crippen molar-refractivity contribution in [1.29, 1.82) is 0 Å². The minimum absolute atomic E-state index is 0.133. The van der Waals surface area contributed by atoms with Gasteiger partial charge >= 0.3 is 5.97 Å². The molecule has 1 amide bonds. The molecule has 0 saturated heterocycles. The Balaban J connectivity index is 2.61. The fourth-order valence-electron chi connectivity index (χ4n) is 1.16. The van der Waals surface area contributed by atoms with E-state index in [1.807, 2.05) is 6.92 Å². The molecule has 0 aliphatic heterocycles. The average Bonchev–Trinajstić information content (AvgIpc) is 2.36. The van der Waals surface area contributed by atoms with E-state index in [0.29, 0.717) is 17.9 Å². The van der Waals surface area contributed by atoms with Gasteiger partial charge in [-0.3, -0.25) is 4.79 Å². The highest BCUT2D eigenvalue weighted by Crippen LogP contribution is 2.10. The van der Waals surface area contributed by atoms with E-state index in [1.165, 1.54) is 0 Å². The second-order valence-corrected chi connectivity index (χ2v) is 3.96. The lowest BCUT2D eigenvalue weighted by atomic mass is 10.2. The van der Waals surface area contributed by atoms with Crippen molar-refractivity contribution >= 4 is 33.5 Å². The van der Waals surface area contributed by atoms with Gasteiger partial charge in [0.2, 0.25) is 5.91 Å². The van der Waals surface area contributed by atoms with Crippen LogP contribution in [0.5, 0.6) is 0 Å². The number of carbonyl (C=O) groups excluding carboxylic acids is 2. The number of ether oxygens (including phenoxy) is 1. The van der Waals surface area contributed by atoms with Crippen LogP contribution in [0.2, 0.25) is 0 Å². The number of anilines is 1. The van der Waals surface area contributed by atoms with Crippen LogP contribution in [0.15, 0.2) is 24.3 Å². The molecule has 1 aromatic carbocycles. The number of benzene rings is 1. The van der Waals surface area contributed by atoms with E-state index in [9.17, 15) is 9.59 Å². The number of amides is 1. The van der Waals surface area contributed by atoms with E-state index < -0.39 is 0 Å². The van der Waals surface area contributed by atoms with Crippen LogP contribution in [0.25, 0.3) is 0 Å². The van der Waals surface area contributed by atoms with Gasteiger partial charge in [-0.25, -0.2) is 4.79 Å². The maximum atomic E-state index is 11.5. The van der Waals surface area contributed by atoms with Gasteiger partial charge in [-0.05, 0) is 30.7 Å². The summed E-state index contributed by atoms with van der Waals surface area (Å²) in [6.07, 6.45) is 0.797. The molecule has 92 valence electrons. The van der Waals surface area contributed by atoms with Crippen molar-refractivity contribution < 1.29 is 14.3 Å². The predicted octanol–water partition coefficient (Wildman–Crippen LogP) is 2.59. The molecule has 5 heteroatoms. The lowest BCUT2D eigenvalue weighted by Crippen LogP contribution is -2.12. The first-order chi connectivity index (χ1) is 8.17. The monoisotopic (exact) mass is 299 g/mol. The lowest BCUT2D eigenvalue weighted by Gasteiger charge is -2.05. The number of alkyl halides is 1. The Morgan fingerprint density at radius 3 is 2.47 bits per heavy atom. The van der Waals surface area contributed by atoms with E-state index in [2.05, 4.69) is 21.2 Å². The van der Waals surface area contributed by atoms with Crippen LogP contribution >= 0.6 is 15.9 Å². The summed E-state index contributed by atoms with van der Waals surface area (Å²) in [6, 6.07) is 6.59. The Morgan fingerprint density at radius 2 is 1.94 bits per heavy atom. The molecule has 1 rings (SSSR count). The first kappa shape index (κ1) is 13.7. The minimum atomic E-state index is -0.342. The molecule has 4 nitrogen and oxygen atoms in total. The van der Waals surface area contributed by atoms with Crippen LogP contribution in [-0.4, -0.2) is 23.8 Å². The Labute approximate surface area is 108 Å². The third kappa shape index (κ3) is 4.56. The summed E-state index contributed by atoms with van der Waals surface area (Å²) < 4.78 is 4.99. The fourth-order valence-corrected chi connectivity index (χ4v) is 1.30. The van der Waals surface area contributed by atoms with Gasteiger partial charge in [-0.2, -0.15) is 0 Å². The zero-order valence-electron chi connectivity index (χ0n) is 9.53. The van der Waals surface area contributed by atoms with Crippen LogP contribution in [0.1, 0.15) is 23.7 Å². The third-order valence-corrected chi connectivity index (χ3v) is 2.47. The van der Waals surface area contributed by atoms with E-state index in [0.717, 1.165) is 6.42 Å². The summed E-state index contributed by atoms with van der Waals surface area (Å²) in [5, 5.41) is 2.91. The number of nitrogens with one attached hydrogen (secondary N) is 1. The largest absolute Gasteiger partial charge is 0.462 e. The Morgan fingerprint density at radius 1 is 1.29 bits per heavy atom. The van der Waals surface area contributed by atoms with Gasteiger partial charge in [-0.15, -0.1) is 0 Å². The summed E-state index contributed by atoms with van der Waals surface area (Å²) in [5.41, 5.74) is 1.14. The van der Waals surface area contributed by atoms with Gasteiger partial charge in [0.15, 0.2) is 0 Å². The van der Waals surface area contributed by atoms with Gasteiger partial charge in [0, 0.05) is 5.69 Å². The first-order valence-corrected chi connectivity index (χ1v) is 6.42. The molecule has 1 N–H and O–H groups in total. The fraction of sp³-hybridized carbons (Fsp3) is 0.333. The van der Waals surface area contributed by atoms with Crippen molar-refractivity contribution in [3.05, 3.63) is 29.8 Å². The van der Waals surface area contributed by atoms with Gasteiger partial charge < -0.3 is 10.1 Å². The summed E-state index contributed by atoms with van der Waals surface area (Å²) in [7, 11) is 0. The van der Waals surface area contributed by atoms with Crippen LogP contribution in [0.3, 0.4) is 0 Å². The highest BCUT2D eigenvalue weighted by Gasteiger charge is 2.06. The number of carbonyl (C=O) groups is 2. The van der Waals surface area contributed by atoms with Crippen molar-refractivity contribution in [2.24, 2.45) is 0 Å². The topological polar surface area (TPSA) is 55.4 Å². The molecule has 0 spiro atoms. The van der Waals surface area contributed by atoms with E-state index in [4.69, 9.17) is 4.74 Å². The smallest absolute Gasteiger partial charge is 0.338 e. The summed E-state index contributed by atoms with van der Waals surface area (Å²) in [4.78, 5) is 22.6. The SMILES string of the molecule is CCCOC(=O)c1ccc(NC(=O)CBr)cc1. The average molecular weight is 300 g/mol. The third-order valence-electron chi connectivity index (χ3n) is 1.96. The quantitative estimate of drug-likeness (QED) is 0.671. The predicted molar refractivity (Wildman–Crippen MR) is 69.4 cm³/mol. The normalized spacial score (nSPS) is 9.76. The molecule has 0 heterocycles. The molecular weight excluding hydrogens is 286 g/mol. The number of esters is 1. The zero-order valence-corrected chi connectivity index (χ0v) is 11.1. The van der Waals surface area contributed by atoms with Gasteiger partial charge in [-0.1, -0.05) is 22.9 Å². The summed E-state index contributed by atoms with van der Waals surface area (Å²) >= 11 is 3.05. The minimum Gasteiger partial charge on any atom is -0.462 e. The van der Waals surface area contributed by atoms with Crippen molar-refractivity contribution in [1.82, 2.24) is 0 Å². The van der Waals surface area contributed by atoms with Crippen molar-refractivity contribution in [3.8, 4) is 0 Å². The second kappa shape index (κ2) is 7.06. The van der Waals surface area contributed by atoms with Crippen LogP contribution < -0.4 is 5.32 Å². The molecule has 0 saturated carbocycles. The molecule has 0 aliphatic rings. The first-order valence-electron chi connectivity index (χ1n) is 5.30. The lowest BCUT2D eigenvalue weighted by molar-refractivity contribution is -0.113. The molecule has 0 radical (unpaired) electrons. The number of hydrogen-bond donors (Lipinski definition) is 1. The van der Waals surface area contributed by atoms with E-state index >= 15 is 0 Å². The molecule has 0 bridgehead atoms. The molecule has 0 fully saturated rings. The molecule has 0 unspecified atom stereocenters. The summed E-state index contributed by atoms with van der Waals surface area (Å²) in [5.74, 6) is -0.475. The molecular formula is C12H14BrNO3. The number of halogens is 1. The van der Waals surface area contributed by atoms with Crippen LogP contribution in [-0.2, 0) is 9.53 Å². The van der Waals surface area contributed by atoms with E-state index in [1.54, 1.807) is 24.3 Å². The highest BCUT2D eigenvalue weighted by atomic mass is 79.9. The van der Waals surface area contributed by atoms with Gasteiger partial charge in [0.1, 0.15) is 0 Å². The van der Waals surface area contributed by atoms with Crippen molar-refractivity contribution in [2.45, 2.75) is 13.3 Å². The van der Waals surface area contributed by atoms with Crippen LogP contribution in [0, 0.1) is 0 Å². The Kier molecular flexibility index (Phi) is 5.69. The maximum Gasteiger partial charge on any atom is 0.338 e. The Bertz CT molecular complexity index is 389. The standard InChI is InChI=1S/C12H14BrNO3/c1-2-7-17-12(16)9-3-5-10(6-4-9)14-11(15)8-13/h3-6H,2,7-8H2,1H3,(H,14,15). The number of rotatable bonds is 5. The molecule has 0 atom stereocenters. The number of hydrogen-bond acceptors (Lipinski definition) is 3. The van der Waals surface area contributed by atoms with Crippen molar-refractivity contribution in [3.63, 3.8) is 0 Å². The van der Waals surface area contributed by atoms with E-state index in [-0.39, 0.29) is 17.2 Å². The molecule has 17 heavy (non-hydrogen) atoms. The zero-order chi connectivity index (χ0) is 12.7. The summed E-state index contributed by atoms with van der Waals surface area (Å²) in [6.45, 7) is 2.35. The van der Waals surface area contributed by atoms with Gasteiger partial charge in [0.25, 0.3) is 0 Å². The Hall–Kier alpha value is -1.36. The maximum absolute atomic E-state index is 11.5. The highest BCUT2D eigenvalue weighted by molar-refractivity contribution is 9.09.